The lowest BCUT2D eigenvalue weighted by Gasteiger charge is -2.24. The Kier molecular flexibility index (Phi) is 5.42. The van der Waals surface area contributed by atoms with Gasteiger partial charge < -0.3 is 5.32 Å². The summed E-state index contributed by atoms with van der Waals surface area (Å²) in [5.41, 5.74) is 0. The first-order valence-corrected chi connectivity index (χ1v) is 9.66. The van der Waals surface area contributed by atoms with Gasteiger partial charge >= 0.3 is 0 Å². The summed E-state index contributed by atoms with van der Waals surface area (Å²) in [5.74, 6) is 0.777. The molecule has 1 aromatic rings. The zero-order chi connectivity index (χ0) is 13.7. The molecule has 1 aromatic heterocycles. The molecule has 1 unspecified atom stereocenters. The molecule has 0 radical (unpaired) electrons. The van der Waals surface area contributed by atoms with E-state index in [-0.39, 0.29) is 11.8 Å². The summed E-state index contributed by atoms with van der Waals surface area (Å²) in [6.07, 6.45) is 5.87. The summed E-state index contributed by atoms with van der Waals surface area (Å²) < 4.78 is 25.3. The second kappa shape index (κ2) is 6.86. The minimum absolute atomic E-state index is 0.120. The molecule has 1 aliphatic rings. The Morgan fingerprint density at radius 2 is 2.16 bits per heavy atom. The Morgan fingerprint density at radius 1 is 1.42 bits per heavy atom. The Bertz CT molecular complexity index is 462. The fourth-order valence-electron chi connectivity index (χ4n) is 2.81. The Morgan fingerprint density at radius 3 is 2.74 bits per heavy atom. The van der Waals surface area contributed by atoms with Gasteiger partial charge in [-0.3, -0.25) is 0 Å². The van der Waals surface area contributed by atoms with Crippen molar-refractivity contribution in [3.63, 3.8) is 0 Å². The molecule has 1 aliphatic carbocycles. The molecule has 0 saturated heterocycles. The van der Waals surface area contributed by atoms with Crippen molar-refractivity contribution in [2.45, 2.75) is 49.3 Å². The van der Waals surface area contributed by atoms with Crippen LogP contribution in [0.4, 0.5) is 0 Å². The lowest BCUT2D eigenvalue weighted by atomic mass is 10.00. The number of hydrogen-bond donors (Lipinski definition) is 1. The van der Waals surface area contributed by atoms with Crippen LogP contribution in [0.2, 0.25) is 0 Å². The van der Waals surface area contributed by atoms with Gasteiger partial charge in [0.05, 0.1) is 5.75 Å². The van der Waals surface area contributed by atoms with Gasteiger partial charge in [0.15, 0.2) is 9.84 Å². The van der Waals surface area contributed by atoms with Gasteiger partial charge in [-0.2, -0.15) is 0 Å². The second-order valence-corrected chi connectivity index (χ2v) is 8.53. The van der Waals surface area contributed by atoms with Crippen molar-refractivity contribution in [3.05, 3.63) is 17.5 Å². The molecule has 0 amide bonds. The maximum absolute atomic E-state index is 12.4. The van der Waals surface area contributed by atoms with Crippen molar-refractivity contribution in [3.8, 4) is 0 Å². The van der Waals surface area contributed by atoms with Crippen LogP contribution in [0.1, 0.15) is 39.0 Å². The zero-order valence-electron chi connectivity index (χ0n) is 11.5. The molecule has 5 heteroatoms. The van der Waals surface area contributed by atoms with Gasteiger partial charge in [0, 0.05) is 6.04 Å². The molecule has 0 aromatic carbocycles. The predicted molar refractivity (Wildman–Crippen MR) is 80.4 cm³/mol. The van der Waals surface area contributed by atoms with Crippen molar-refractivity contribution in [2.75, 3.05) is 12.3 Å². The number of thiophene rings is 1. The molecule has 108 valence electrons. The summed E-state index contributed by atoms with van der Waals surface area (Å²) in [5, 5.41) is 5.29. The Hall–Kier alpha value is -0.390. The first-order valence-electron chi connectivity index (χ1n) is 7.13. The van der Waals surface area contributed by atoms with E-state index in [0.717, 1.165) is 13.0 Å². The van der Waals surface area contributed by atoms with Crippen LogP contribution in [0.5, 0.6) is 0 Å². The third-order valence-electron chi connectivity index (χ3n) is 3.83. The van der Waals surface area contributed by atoms with Crippen LogP contribution in [0.15, 0.2) is 21.7 Å². The van der Waals surface area contributed by atoms with E-state index in [1.165, 1.54) is 37.0 Å². The molecular weight excluding hydrogens is 278 g/mol. The number of sulfone groups is 1. The molecule has 2 rings (SSSR count). The third-order valence-corrected chi connectivity index (χ3v) is 7.09. The summed E-state index contributed by atoms with van der Waals surface area (Å²) in [7, 11) is -3.13. The molecule has 0 spiro atoms. The second-order valence-electron chi connectivity index (χ2n) is 5.32. The highest BCUT2D eigenvalue weighted by Crippen LogP contribution is 2.30. The largest absolute Gasteiger partial charge is 0.313 e. The molecule has 1 heterocycles. The summed E-state index contributed by atoms with van der Waals surface area (Å²) in [6, 6.07) is 3.64. The number of rotatable bonds is 7. The quantitative estimate of drug-likeness (QED) is 0.842. The Labute approximate surface area is 120 Å². The van der Waals surface area contributed by atoms with Crippen LogP contribution >= 0.6 is 11.3 Å². The van der Waals surface area contributed by atoms with Crippen LogP contribution in [0.3, 0.4) is 0 Å². The normalized spacial score (nSPS) is 18.8. The van der Waals surface area contributed by atoms with Gasteiger partial charge in [-0.25, -0.2) is 8.42 Å². The lowest BCUT2D eigenvalue weighted by Crippen LogP contribution is -2.41. The van der Waals surface area contributed by atoms with Crippen LogP contribution in [0, 0.1) is 5.92 Å². The smallest absolute Gasteiger partial charge is 0.189 e. The van der Waals surface area contributed by atoms with Crippen molar-refractivity contribution >= 4 is 21.2 Å². The van der Waals surface area contributed by atoms with Crippen LogP contribution in [-0.4, -0.2) is 26.8 Å². The lowest BCUT2D eigenvalue weighted by molar-refractivity contribution is 0.382. The average Bonchev–Trinajstić information content (AvgIpc) is 3.05. The highest BCUT2D eigenvalue weighted by Gasteiger charge is 2.29. The average molecular weight is 301 g/mol. The van der Waals surface area contributed by atoms with E-state index in [2.05, 4.69) is 12.2 Å². The standard InChI is InChI=1S/C14H23NO2S2/c1-2-9-15-13(12-6-3-4-7-12)11-19(16,17)14-8-5-10-18-14/h5,8,10,12-13,15H,2-4,6-7,9,11H2,1H3. The van der Waals surface area contributed by atoms with E-state index >= 15 is 0 Å². The molecule has 0 bridgehead atoms. The molecule has 3 nitrogen and oxygen atoms in total. The molecule has 1 atom stereocenters. The van der Waals surface area contributed by atoms with Crippen molar-refractivity contribution < 1.29 is 8.42 Å². The minimum atomic E-state index is -3.13. The van der Waals surface area contributed by atoms with E-state index in [1.54, 1.807) is 6.07 Å². The van der Waals surface area contributed by atoms with E-state index in [1.807, 2.05) is 11.4 Å². The molecule has 1 saturated carbocycles. The number of hydrogen-bond acceptors (Lipinski definition) is 4. The van der Waals surface area contributed by atoms with Gasteiger partial charge in [0.25, 0.3) is 0 Å². The van der Waals surface area contributed by atoms with Crippen molar-refractivity contribution in [1.82, 2.24) is 5.32 Å². The SMILES string of the molecule is CCCNC(CS(=O)(=O)c1cccs1)C1CCCC1. The fraction of sp³-hybridized carbons (Fsp3) is 0.714. The fourth-order valence-corrected chi connectivity index (χ4v) is 5.53. The summed E-state index contributed by atoms with van der Waals surface area (Å²) in [6.45, 7) is 3.02. The predicted octanol–water partition coefficient (Wildman–Crippen LogP) is 3.08. The van der Waals surface area contributed by atoms with Gasteiger partial charge in [0.1, 0.15) is 4.21 Å². The van der Waals surface area contributed by atoms with E-state index in [4.69, 9.17) is 0 Å². The van der Waals surface area contributed by atoms with E-state index in [9.17, 15) is 8.42 Å². The van der Waals surface area contributed by atoms with Gasteiger partial charge in [-0.1, -0.05) is 25.8 Å². The molecule has 1 fully saturated rings. The third kappa shape index (κ3) is 4.04. The molecule has 1 N–H and O–H groups in total. The zero-order valence-corrected chi connectivity index (χ0v) is 13.1. The maximum atomic E-state index is 12.4. The first kappa shape index (κ1) is 15.0. The van der Waals surface area contributed by atoms with Gasteiger partial charge in [0.2, 0.25) is 0 Å². The van der Waals surface area contributed by atoms with Crippen molar-refractivity contribution in [2.24, 2.45) is 5.92 Å². The van der Waals surface area contributed by atoms with Crippen molar-refractivity contribution in [1.29, 1.82) is 0 Å². The Balaban J connectivity index is 2.06. The highest BCUT2D eigenvalue weighted by molar-refractivity contribution is 7.93. The topological polar surface area (TPSA) is 46.2 Å². The van der Waals surface area contributed by atoms with Crippen LogP contribution in [0.25, 0.3) is 0 Å². The minimum Gasteiger partial charge on any atom is -0.313 e. The number of nitrogens with one attached hydrogen (secondary N) is 1. The molecular formula is C14H23NO2S2. The summed E-state index contributed by atoms with van der Waals surface area (Å²) in [4.78, 5) is 0. The highest BCUT2D eigenvalue weighted by atomic mass is 32.2. The van der Waals surface area contributed by atoms with Crippen LogP contribution in [-0.2, 0) is 9.84 Å². The monoisotopic (exact) mass is 301 g/mol. The van der Waals surface area contributed by atoms with Gasteiger partial charge in [-0.15, -0.1) is 11.3 Å². The summed E-state index contributed by atoms with van der Waals surface area (Å²) >= 11 is 1.32. The van der Waals surface area contributed by atoms with Crippen LogP contribution < -0.4 is 5.32 Å². The van der Waals surface area contributed by atoms with Gasteiger partial charge in [-0.05, 0) is 43.2 Å². The van der Waals surface area contributed by atoms with E-state index in [0.29, 0.717) is 10.1 Å². The maximum Gasteiger partial charge on any atom is 0.189 e. The van der Waals surface area contributed by atoms with E-state index < -0.39 is 9.84 Å². The molecule has 0 aliphatic heterocycles. The molecule has 19 heavy (non-hydrogen) atoms. The first-order chi connectivity index (χ1) is 9.13.